The molecule has 2 aliphatic rings. The van der Waals surface area contributed by atoms with Crippen molar-refractivity contribution in [3.8, 4) is 0 Å². The van der Waals surface area contributed by atoms with Crippen LogP contribution in [0.1, 0.15) is 34.0 Å². The molecule has 2 amide bonds. The van der Waals surface area contributed by atoms with Crippen LogP contribution in [0.3, 0.4) is 0 Å². The van der Waals surface area contributed by atoms with Gasteiger partial charge >= 0.3 is 0 Å². The van der Waals surface area contributed by atoms with E-state index in [1.165, 1.54) is 11.3 Å². The molecule has 9 heteroatoms. The summed E-state index contributed by atoms with van der Waals surface area (Å²) in [5.74, 6) is 0.508. The average molecular weight is 374 g/mol. The number of primary amides is 1. The Morgan fingerprint density at radius 2 is 2.23 bits per heavy atom. The van der Waals surface area contributed by atoms with E-state index in [0.29, 0.717) is 34.4 Å². The van der Waals surface area contributed by atoms with Crippen LogP contribution in [0.4, 0.5) is 11.5 Å². The zero-order valence-corrected chi connectivity index (χ0v) is 15.2. The molecule has 0 bridgehead atoms. The Morgan fingerprint density at radius 1 is 1.38 bits per heavy atom. The van der Waals surface area contributed by atoms with Crippen LogP contribution in [0, 0.1) is 0 Å². The number of nitrogen functional groups attached to an aromatic ring is 1. The first kappa shape index (κ1) is 17.0. The number of carbonyl (C=O) groups excluding carboxylic acids is 2. The molecule has 2 aliphatic heterocycles. The van der Waals surface area contributed by atoms with Gasteiger partial charge in [-0.1, -0.05) is 0 Å². The molecule has 0 saturated carbocycles. The van der Waals surface area contributed by atoms with Crippen LogP contribution < -0.4 is 27.0 Å². The number of hydrogen-bond donors (Lipinski definition) is 4. The quantitative estimate of drug-likeness (QED) is 0.615. The fraction of sp³-hybridized carbons (Fsp3) is 0.471. The SMILES string of the molecule is NC(=O)c1sc2nc(N3CCNC(=O)C3)cc(C3CCCNC3)c2c1N. The number of thiophene rings is 1. The molecule has 1 unspecified atom stereocenters. The van der Waals surface area contributed by atoms with Crippen molar-refractivity contribution in [2.45, 2.75) is 18.8 Å². The fourth-order valence-corrected chi connectivity index (χ4v) is 4.73. The maximum Gasteiger partial charge on any atom is 0.260 e. The van der Waals surface area contributed by atoms with E-state index in [-0.39, 0.29) is 12.5 Å². The van der Waals surface area contributed by atoms with Crippen molar-refractivity contribution >= 4 is 44.9 Å². The van der Waals surface area contributed by atoms with Crippen molar-refractivity contribution in [3.63, 3.8) is 0 Å². The van der Waals surface area contributed by atoms with Gasteiger partial charge in [-0.05, 0) is 36.9 Å². The molecule has 0 aliphatic carbocycles. The van der Waals surface area contributed by atoms with Gasteiger partial charge in [-0.2, -0.15) is 0 Å². The highest BCUT2D eigenvalue weighted by Crippen LogP contribution is 2.40. The lowest BCUT2D eigenvalue weighted by Gasteiger charge is -2.29. The summed E-state index contributed by atoms with van der Waals surface area (Å²) in [6, 6.07) is 2.03. The first-order chi connectivity index (χ1) is 12.5. The number of carbonyl (C=O) groups is 2. The molecule has 0 radical (unpaired) electrons. The van der Waals surface area contributed by atoms with E-state index >= 15 is 0 Å². The minimum Gasteiger partial charge on any atom is -0.397 e. The number of nitrogens with two attached hydrogens (primary N) is 2. The van der Waals surface area contributed by atoms with Gasteiger partial charge in [-0.15, -0.1) is 11.3 Å². The smallest absolute Gasteiger partial charge is 0.260 e. The van der Waals surface area contributed by atoms with Gasteiger partial charge in [0.2, 0.25) is 5.91 Å². The van der Waals surface area contributed by atoms with Crippen LogP contribution >= 0.6 is 11.3 Å². The van der Waals surface area contributed by atoms with Crippen molar-refractivity contribution in [2.24, 2.45) is 5.73 Å². The second-order valence-corrected chi connectivity index (χ2v) is 7.77. The van der Waals surface area contributed by atoms with Gasteiger partial charge in [0, 0.05) is 25.0 Å². The van der Waals surface area contributed by atoms with Gasteiger partial charge in [-0.25, -0.2) is 4.98 Å². The zero-order valence-electron chi connectivity index (χ0n) is 14.4. The van der Waals surface area contributed by atoms with Crippen LogP contribution in [0.15, 0.2) is 6.07 Å². The molecular weight excluding hydrogens is 352 g/mol. The highest BCUT2D eigenvalue weighted by Gasteiger charge is 2.26. The largest absolute Gasteiger partial charge is 0.397 e. The average Bonchev–Trinajstić information content (AvgIpc) is 2.99. The van der Waals surface area contributed by atoms with Gasteiger partial charge < -0.3 is 27.0 Å². The first-order valence-electron chi connectivity index (χ1n) is 8.79. The predicted octanol–water partition coefficient (Wildman–Crippen LogP) is 0.381. The third-order valence-corrected chi connectivity index (χ3v) is 6.15. The summed E-state index contributed by atoms with van der Waals surface area (Å²) in [6.07, 6.45) is 2.13. The molecule has 4 heterocycles. The summed E-state index contributed by atoms with van der Waals surface area (Å²) in [4.78, 5) is 31.3. The Morgan fingerprint density at radius 3 is 2.92 bits per heavy atom. The van der Waals surface area contributed by atoms with Gasteiger partial charge in [0.15, 0.2) is 0 Å². The van der Waals surface area contributed by atoms with E-state index < -0.39 is 5.91 Å². The van der Waals surface area contributed by atoms with E-state index in [2.05, 4.69) is 10.6 Å². The Labute approximate surface area is 154 Å². The minimum atomic E-state index is -0.530. The third-order valence-electron chi connectivity index (χ3n) is 5.04. The second kappa shape index (κ2) is 6.73. The van der Waals surface area contributed by atoms with Crippen LogP contribution in [0.2, 0.25) is 0 Å². The molecule has 26 heavy (non-hydrogen) atoms. The summed E-state index contributed by atoms with van der Waals surface area (Å²) in [7, 11) is 0. The number of amides is 2. The van der Waals surface area contributed by atoms with Crippen LogP contribution in [0.5, 0.6) is 0 Å². The number of pyridine rings is 1. The molecule has 4 rings (SSSR count). The lowest BCUT2D eigenvalue weighted by Crippen LogP contribution is -2.48. The van der Waals surface area contributed by atoms with Gasteiger partial charge in [0.05, 0.1) is 12.2 Å². The number of nitrogens with one attached hydrogen (secondary N) is 2. The zero-order chi connectivity index (χ0) is 18.3. The molecule has 2 aromatic heterocycles. The third kappa shape index (κ3) is 2.97. The molecule has 2 fully saturated rings. The molecular formula is C17H22N6O2S. The van der Waals surface area contributed by atoms with E-state index in [1.54, 1.807) is 0 Å². The summed E-state index contributed by atoms with van der Waals surface area (Å²) in [6.45, 7) is 3.45. The number of hydrogen-bond acceptors (Lipinski definition) is 7. The number of rotatable bonds is 3. The van der Waals surface area contributed by atoms with Crippen molar-refractivity contribution in [3.05, 3.63) is 16.5 Å². The summed E-state index contributed by atoms with van der Waals surface area (Å²) in [5.41, 5.74) is 13.3. The molecule has 138 valence electrons. The predicted molar refractivity (Wildman–Crippen MR) is 103 cm³/mol. The fourth-order valence-electron chi connectivity index (χ4n) is 3.76. The van der Waals surface area contributed by atoms with Crippen molar-refractivity contribution < 1.29 is 9.59 Å². The highest BCUT2D eigenvalue weighted by atomic mass is 32.1. The van der Waals surface area contributed by atoms with E-state index in [9.17, 15) is 9.59 Å². The van der Waals surface area contributed by atoms with Gasteiger partial charge in [-0.3, -0.25) is 9.59 Å². The lowest BCUT2D eigenvalue weighted by atomic mass is 9.89. The normalized spacial score (nSPS) is 21.0. The van der Waals surface area contributed by atoms with Crippen LogP contribution in [0.25, 0.3) is 10.2 Å². The second-order valence-electron chi connectivity index (χ2n) is 6.77. The van der Waals surface area contributed by atoms with Gasteiger partial charge in [0.1, 0.15) is 15.5 Å². The number of fused-ring (bicyclic) bond motifs is 1. The van der Waals surface area contributed by atoms with Crippen molar-refractivity contribution in [1.29, 1.82) is 0 Å². The number of aromatic nitrogens is 1. The van der Waals surface area contributed by atoms with Crippen LogP contribution in [-0.4, -0.2) is 49.5 Å². The van der Waals surface area contributed by atoms with Gasteiger partial charge in [0.25, 0.3) is 5.91 Å². The molecule has 0 spiro atoms. The van der Waals surface area contributed by atoms with Crippen LogP contribution in [-0.2, 0) is 4.79 Å². The Kier molecular flexibility index (Phi) is 4.41. The molecule has 0 aromatic carbocycles. The number of anilines is 2. The maximum absolute atomic E-state index is 11.8. The standard InChI is InChI=1S/C17H22N6O2S/c18-14-13-10(9-2-1-3-20-7-9)6-11(23-5-4-21-12(24)8-23)22-17(13)26-15(14)16(19)25/h6,9,20H,1-5,7-8,18H2,(H2,19,25)(H,21,24). The monoisotopic (exact) mass is 374 g/mol. The Balaban J connectivity index is 1.86. The number of piperidine rings is 1. The number of nitrogens with zero attached hydrogens (tertiary/aromatic N) is 2. The van der Waals surface area contributed by atoms with Crippen molar-refractivity contribution in [1.82, 2.24) is 15.6 Å². The molecule has 6 N–H and O–H groups in total. The molecule has 2 aromatic rings. The van der Waals surface area contributed by atoms with E-state index in [0.717, 1.165) is 42.7 Å². The molecule has 1 atom stereocenters. The van der Waals surface area contributed by atoms with E-state index in [4.69, 9.17) is 16.5 Å². The number of piperazine rings is 1. The summed E-state index contributed by atoms with van der Waals surface area (Å²) in [5, 5.41) is 7.09. The molecule has 2 saturated heterocycles. The Bertz CT molecular complexity index is 874. The first-order valence-corrected chi connectivity index (χ1v) is 9.61. The topological polar surface area (TPSA) is 126 Å². The minimum absolute atomic E-state index is 0.0115. The maximum atomic E-state index is 11.8. The summed E-state index contributed by atoms with van der Waals surface area (Å²) < 4.78 is 0. The highest BCUT2D eigenvalue weighted by molar-refractivity contribution is 7.21. The lowest BCUT2D eigenvalue weighted by molar-refractivity contribution is -0.120. The van der Waals surface area contributed by atoms with Crippen molar-refractivity contribution in [2.75, 3.05) is 43.4 Å². The Hall–Kier alpha value is -2.39. The summed E-state index contributed by atoms with van der Waals surface area (Å²) >= 11 is 1.23. The molecule has 8 nitrogen and oxygen atoms in total. The van der Waals surface area contributed by atoms with E-state index in [1.807, 2.05) is 11.0 Å².